The maximum absolute atomic E-state index is 11.6. The molecule has 1 aliphatic heterocycles. The summed E-state index contributed by atoms with van der Waals surface area (Å²) in [6.45, 7) is 6.48. The third-order valence-corrected chi connectivity index (χ3v) is 4.31. The van der Waals surface area contributed by atoms with Crippen LogP contribution < -0.4 is 5.32 Å². The van der Waals surface area contributed by atoms with Crippen LogP contribution in [0.1, 0.15) is 30.9 Å². The number of β-amino-alcohol motifs (C(OH)–C–C–N with tert-alkyl or cyclic N) is 1. The van der Waals surface area contributed by atoms with E-state index in [1.54, 1.807) is 6.92 Å². The lowest BCUT2D eigenvalue weighted by Crippen LogP contribution is -2.52. The van der Waals surface area contributed by atoms with E-state index in [9.17, 15) is 14.7 Å². The standard InChI is InChI=1S/C10H18N2O4.C8H9Cl/c1-10(15)4-3-5-12(7-10)9(14)11-6-8(13)16-2;1-6-3-4-7(2)8(9)5-6/h15H,3-7H2,1-2H3,(H,11,14);3-5H,1-2H3. The number of carbonyl (C=O) groups excluding carboxylic acids is 2. The zero-order chi connectivity index (χ0) is 19.0. The molecule has 1 unspecified atom stereocenters. The fourth-order valence-electron chi connectivity index (χ4n) is 2.42. The van der Waals surface area contributed by atoms with Crippen LogP contribution in [0.25, 0.3) is 0 Å². The predicted molar refractivity (Wildman–Crippen MR) is 97.8 cm³/mol. The Kier molecular flexibility index (Phi) is 8.19. The number of aryl methyl sites for hydroxylation is 2. The van der Waals surface area contributed by atoms with Gasteiger partial charge in [-0.15, -0.1) is 0 Å². The number of esters is 1. The number of carbonyl (C=O) groups is 2. The molecule has 2 N–H and O–H groups in total. The number of piperidine rings is 1. The molecule has 2 rings (SSSR count). The van der Waals surface area contributed by atoms with E-state index in [1.807, 2.05) is 26.0 Å². The summed E-state index contributed by atoms with van der Waals surface area (Å²) in [5.41, 5.74) is 1.52. The molecule has 2 amide bonds. The Morgan fingerprint density at radius 2 is 2.08 bits per heavy atom. The Morgan fingerprint density at radius 3 is 2.60 bits per heavy atom. The number of urea groups is 1. The average molecular weight is 371 g/mol. The molecule has 7 heteroatoms. The number of methoxy groups -OCH3 is 1. The van der Waals surface area contributed by atoms with E-state index in [0.717, 1.165) is 17.0 Å². The molecule has 1 aromatic rings. The van der Waals surface area contributed by atoms with Crippen molar-refractivity contribution < 1.29 is 19.4 Å². The number of nitrogens with one attached hydrogen (secondary N) is 1. The first-order valence-corrected chi connectivity index (χ1v) is 8.57. The highest BCUT2D eigenvalue weighted by Gasteiger charge is 2.30. The predicted octanol–water partition coefficient (Wildman–Crippen LogP) is 2.67. The lowest BCUT2D eigenvalue weighted by Gasteiger charge is -2.36. The van der Waals surface area contributed by atoms with Crippen LogP contribution in [0.2, 0.25) is 5.02 Å². The minimum Gasteiger partial charge on any atom is -0.468 e. The van der Waals surface area contributed by atoms with Crippen LogP contribution >= 0.6 is 11.6 Å². The molecule has 1 saturated heterocycles. The second-order valence-electron chi connectivity index (χ2n) is 6.51. The van der Waals surface area contributed by atoms with Crippen molar-refractivity contribution >= 4 is 23.6 Å². The summed E-state index contributed by atoms with van der Waals surface area (Å²) in [4.78, 5) is 23.9. The molecule has 1 heterocycles. The third-order valence-electron chi connectivity index (χ3n) is 3.90. The number of aliphatic hydroxyl groups is 1. The Balaban J connectivity index is 0.000000293. The Bertz CT molecular complexity index is 605. The van der Waals surface area contributed by atoms with Crippen molar-refractivity contribution in [3.05, 3.63) is 34.3 Å². The number of amides is 2. The molecule has 6 nitrogen and oxygen atoms in total. The summed E-state index contributed by atoms with van der Waals surface area (Å²) in [7, 11) is 1.26. The number of ether oxygens (including phenoxy) is 1. The van der Waals surface area contributed by atoms with Gasteiger partial charge in [0, 0.05) is 11.6 Å². The molecule has 0 spiro atoms. The molecule has 0 aliphatic carbocycles. The molecule has 1 aliphatic rings. The minimum absolute atomic E-state index is 0.145. The lowest BCUT2D eigenvalue weighted by atomic mass is 9.95. The number of benzene rings is 1. The topological polar surface area (TPSA) is 78.9 Å². The van der Waals surface area contributed by atoms with Crippen LogP contribution in [-0.2, 0) is 9.53 Å². The van der Waals surface area contributed by atoms with Crippen LogP contribution in [0.4, 0.5) is 4.79 Å². The van der Waals surface area contributed by atoms with Crippen LogP contribution in [-0.4, -0.2) is 54.4 Å². The highest BCUT2D eigenvalue weighted by molar-refractivity contribution is 6.31. The van der Waals surface area contributed by atoms with Gasteiger partial charge in [0.2, 0.25) is 0 Å². The van der Waals surface area contributed by atoms with E-state index < -0.39 is 11.6 Å². The van der Waals surface area contributed by atoms with Crippen LogP contribution in [0.15, 0.2) is 18.2 Å². The van der Waals surface area contributed by atoms with Gasteiger partial charge >= 0.3 is 12.0 Å². The normalized spacial score (nSPS) is 19.5. The summed E-state index contributed by atoms with van der Waals surface area (Å²) < 4.78 is 4.41. The summed E-state index contributed by atoms with van der Waals surface area (Å²) in [5, 5.41) is 13.1. The van der Waals surface area contributed by atoms with Crippen molar-refractivity contribution in [3.63, 3.8) is 0 Å². The average Bonchev–Trinajstić information content (AvgIpc) is 2.55. The second-order valence-corrected chi connectivity index (χ2v) is 6.92. The largest absolute Gasteiger partial charge is 0.468 e. The van der Waals surface area contributed by atoms with Gasteiger partial charge in [0.1, 0.15) is 6.54 Å². The molecule has 140 valence electrons. The first-order valence-electron chi connectivity index (χ1n) is 8.19. The Hall–Kier alpha value is -1.79. The van der Waals surface area contributed by atoms with Crippen molar-refractivity contribution in [2.45, 2.75) is 39.2 Å². The fraction of sp³-hybridized carbons (Fsp3) is 0.556. The van der Waals surface area contributed by atoms with Crippen molar-refractivity contribution in [3.8, 4) is 0 Å². The number of hydrogen-bond acceptors (Lipinski definition) is 4. The summed E-state index contributed by atoms with van der Waals surface area (Å²) in [6, 6.07) is 5.71. The highest BCUT2D eigenvalue weighted by atomic mass is 35.5. The van der Waals surface area contributed by atoms with Crippen molar-refractivity contribution in [2.75, 3.05) is 26.7 Å². The number of likely N-dealkylation sites (tertiary alicyclic amines) is 1. The van der Waals surface area contributed by atoms with E-state index in [4.69, 9.17) is 11.6 Å². The van der Waals surface area contributed by atoms with Crippen LogP contribution in [0.3, 0.4) is 0 Å². The molecular weight excluding hydrogens is 344 g/mol. The van der Waals surface area contributed by atoms with Crippen LogP contribution in [0, 0.1) is 13.8 Å². The molecule has 25 heavy (non-hydrogen) atoms. The molecule has 1 fully saturated rings. The van der Waals surface area contributed by atoms with Gasteiger partial charge in [-0.05, 0) is 50.8 Å². The van der Waals surface area contributed by atoms with Crippen molar-refractivity contribution in [1.29, 1.82) is 0 Å². The summed E-state index contributed by atoms with van der Waals surface area (Å²) in [6.07, 6.45) is 1.45. The molecular formula is C18H27ClN2O4. The summed E-state index contributed by atoms with van der Waals surface area (Å²) >= 11 is 5.81. The SMILES string of the molecule is COC(=O)CNC(=O)N1CCCC(C)(O)C1.Cc1ccc(C)c(Cl)c1. The monoisotopic (exact) mass is 370 g/mol. The molecule has 0 saturated carbocycles. The minimum atomic E-state index is -0.832. The van der Waals surface area contributed by atoms with Crippen molar-refractivity contribution in [1.82, 2.24) is 10.2 Å². The Labute approximate surface area is 154 Å². The molecule has 0 radical (unpaired) electrons. The maximum Gasteiger partial charge on any atom is 0.325 e. The van der Waals surface area contributed by atoms with E-state index in [1.165, 1.54) is 17.6 Å². The lowest BCUT2D eigenvalue weighted by molar-refractivity contribution is -0.139. The van der Waals surface area contributed by atoms with Gasteiger partial charge in [-0.3, -0.25) is 4.79 Å². The number of hydrogen-bond donors (Lipinski definition) is 2. The molecule has 1 atom stereocenters. The zero-order valence-corrected chi connectivity index (χ0v) is 16.0. The number of rotatable bonds is 2. The van der Waals surface area contributed by atoms with E-state index in [2.05, 4.69) is 16.1 Å². The van der Waals surface area contributed by atoms with Crippen LogP contribution in [0.5, 0.6) is 0 Å². The second kappa shape index (κ2) is 9.63. The van der Waals surface area contributed by atoms with Gasteiger partial charge in [-0.1, -0.05) is 23.7 Å². The molecule has 0 aromatic heterocycles. The van der Waals surface area contributed by atoms with E-state index in [-0.39, 0.29) is 12.6 Å². The van der Waals surface area contributed by atoms with Gasteiger partial charge in [0.25, 0.3) is 0 Å². The zero-order valence-electron chi connectivity index (χ0n) is 15.3. The number of halogens is 1. The Morgan fingerprint density at radius 1 is 1.40 bits per heavy atom. The van der Waals surface area contributed by atoms with Gasteiger partial charge in [0.15, 0.2) is 0 Å². The first-order chi connectivity index (χ1) is 11.6. The fourth-order valence-corrected chi connectivity index (χ4v) is 2.66. The quantitative estimate of drug-likeness (QED) is 0.784. The van der Waals surface area contributed by atoms with Gasteiger partial charge < -0.3 is 20.1 Å². The number of nitrogens with zero attached hydrogens (tertiary/aromatic N) is 1. The smallest absolute Gasteiger partial charge is 0.325 e. The van der Waals surface area contributed by atoms with Crippen molar-refractivity contribution in [2.24, 2.45) is 0 Å². The van der Waals surface area contributed by atoms with E-state index in [0.29, 0.717) is 19.5 Å². The first kappa shape index (κ1) is 21.3. The van der Waals surface area contributed by atoms with Gasteiger partial charge in [-0.2, -0.15) is 0 Å². The highest BCUT2D eigenvalue weighted by Crippen LogP contribution is 2.20. The maximum atomic E-state index is 11.6. The van der Waals surface area contributed by atoms with Gasteiger partial charge in [0.05, 0.1) is 19.3 Å². The third kappa shape index (κ3) is 7.75. The van der Waals surface area contributed by atoms with Gasteiger partial charge in [-0.25, -0.2) is 4.79 Å². The molecule has 1 aromatic carbocycles. The summed E-state index contributed by atoms with van der Waals surface area (Å²) in [5.74, 6) is -0.489. The van der Waals surface area contributed by atoms with E-state index >= 15 is 0 Å². The molecule has 0 bridgehead atoms.